The molecule has 1 heterocycles. The van der Waals surface area contributed by atoms with Crippen LogP contribution in [0.25, 0.3) is 0 Å². The van der Waals surface area contributed by atoms with Crippen LogP contribution in [0.5, 0.6) is 0 Å². The van der Waals surface area contributed by atoms with Gasteiger partial charge in [0.25, 0.3) is 0 Å². The Hall–Kier alpha value is -1.65. The number of hydrogen-bond acceptors (Lipinski definition) is 4. The summed E-state index contributed by atoms with van der Waals surface area (Å²) in [5.41, 5.74) is 0.676. The van der Waals surface area contributed by atoms with E-state index in [1.807, 2.05) is 30.3 Å². The van der Waals surface area contributed by atoms with Gasteiger partial charge in [0.05, 0.1) is 6.61 Å². The molecular weight excluding hydrogens is 374 g/mol. The minimum atomic E-state index is -1.53. The van der Waals surface area contributed by atoms with Crippen molar-refractivity contribution in [1.82, 2.24) is 4.90 Å². The molecule has 1 aromatic rings. The second-order valence-corrected chi connectivity index (χ2v) is 9.94. The molecule has 1 aliphatic heterocycles. The van der Waals surface area contributed by atoms with Gasteiger partial charge in [0.1, 0.15) is 0 Å². The van der Waals surface area contributed by atoms with Gasteiger partial charge in [-0.3, -0.25) is 4.90 Å². The molecule has 0 amide bonds. The van der Waals surface area contributed by atoms with E-state index >= 15 is 0 Å². The van der Waals surface area contributed by atoms with Crippen LogP contribution in [0.3, 0.4) is 0 Å². The number of aliphatic hydroxyl groups is 1. The van der Waals surface area contributed by atoms with Gasteiger partial charge >= 0.3 is 5.97 Å². The number of carbonyl (C=O) groups is 1. The molecule has 1 unspecified atom stereocenters. The number of likely N-dealkylation sites (tertiary alicyclic amines) is 1. The molecule has 164 valence electrons. The van der Waals surface area contributed by atoms with Crippen molar-refractivity contribution >= 4 is 5.97 Å². The Morgan fingerprint density at radius 3 is 2.70 bits per heavy atom. The highest BCUT2D eigenvalue weighted by molar-refractivity contribution is 5.81. The number of hydrogen-bond donors (Lipinski definition) is 1. The molecule has 0 radical (unpaired) electrons. The molecule has 2 aliphatic carbocycles. The quantitative estimate of drug-likeness (QED) is 0.499. The SMILES string of the molecule is CC/C=C(\C)CN1C[C@H]2C[C@@]2(COC(=O)C(O)(c2ccccc2)C2CCCCC2)C1. The van der Waals surface area contributed by atoms with Crippen molar-refractivity contribution in [2.24, 2.45) is 17.3 Å². The third-order valence-electron chi connectivity index (χ3n) is 7.61. The summed E-state index contributed by atoms with van der Waals surface area (Å²) in [6, 6.07) is 9.45. The number of ether oxygens (including phenoxy) is 1. The molecular formula is C26H37NO3. The van der Waals surface area contributed by atoms with Crippen LogP contribution in [-0.4, -0.2) is 42.2 Å². The van der Waals surface area contributed by atoms with Crippen LogP contribution in [0.15, 0.2) is 42.0 Å². The van der Waals surface area contributed by atoms with Gasteiger partial charge in [-0.25, -0.2) is 4.79 Å². The predicted octanol–water partition coefficient (Wildman–Crippen LogP) is 4.68. The lowest BCUT2D eigenvalue weighted by atomic mass is 9.73. The molecule has 3 fully saturated rings. The molecule has 3 aliphatic rings. The number of piperidine rings is 1. The van der Waals surface area contributed by atoms with Crippen molar-refractivity contribution in [3.05, 3.63) is 47.5 Å². The van der Waals surface area contributed by atoms with Gasteiger partial charge in [0, 0.05) is 31.0 Å². The van der Waals surface area contributed by atoms with Crippen molar-refractivity contribution in [3.8, 4) is 0 Å². The number of carbonyl (C=O) groups excluding carboxylic acids is 1. The lowest BCUT2D eigenvalue weighted by Gasteiger charge is -2.37. The van der Waals surface area contributed by atoms with E-state index in [0.717, 1.165) is 58.2 Å². The fourth-order valence-corrected chi connectivity index (χ4v) is 5.87. The molecule has 0 bridgehead atoms. The third-order valence-corrected chi connectivity index (χ3v) is 7.61. The van der Waals surface area contributed by atoms with Crippen LogP contribution in [-0.2, 0) is 15.1 Å². The summed E-state index contributed by atoms with van der Waals surface area (Å²) in [6.07, 6.45) is 9.59. The molecule has 1 saturated heterocycles. The zero-order chi connectivity index (χ0) is 21.2. The minimum absolute atomic E-state index is 0.0597. The summed E-state index contributed by atoms with van der Waals surface area (Å²) in [4.78, 5) is 15.8. The van der Waals surface area contributed by atoms with E-state index < -0.39 is 11.6 Å². The first kappa shape index (κ1) is 21.6. The van der Waals surface area contributed by atoms with Gasteiger partial charge < -0.3 is 9.84 Å². The van der Waals surface area contributed by atoms with Gasteiger partial charge in [-0.1, -0.05) is 68.2 Å². The maximum Gasteiger partial charge on any atom is 0.343 e. The Morgan fingerprint density at radius 1 is 1.27 bits per heavy atom. The molecule has 0 spiro atoms. The second kappa shape index (κ2) is 8.84. The standard InChI is InChI=1S/C26H37NO3/c1-3-10-20(2)16-27-17-23-15-25(23,18-27)19-30-24(28)26(29,21-11-6-4-7-12-21)22-13-8-5-9-14-22/h4,6-7,10-12,22-23,29H,3,5,8-9,13-19H2,1-2H3/b20-10+/t23-,25+,26?/m1/s1. The van der Waals surface area contributed by atoms with Crippen LogP contribution in [0.1, 0.15) is 64.4 Å². The van der Waals surface area contributed by atoms with Crippen LogP contribution in [0.4, 0.5) is 0 Å². The first-order valence-corrected chi connectivity index (χ1v) is 11.8. The van der Waals surface area contributed by atoms with E-state index in [1.54, 1.807) is 0 Å². The van der Waals surface area contributed by atoms with Crippen molar-refractivity contribution < 1.29 is 14.6 Å². The summed E-state index contributed by atoms with van der Waals surface area (Å²) >= 11 is 0. The lowest BCUT2D eigenvalue weighted by molar-refractivity contribution is -0.177. The number of rotatable bonds is 8. The van der Waals surface area contributed by atoms with E-state index in [2.05, 4.69) is 24.8 Å². The summed E-state index contributed by atoms with van der Waals surface area (Å²) in [7, 11) is 0. The highest BCUT2D eigenvalue weighted by Crippen LogP contribution is 2.58. The average molecular weight is 412 g/mol. The molecule has 1 N–H and O–H groups in total. The Morgan fingerprint density at radius 2 is 2.00 bits per heavy atom. The van der Waals surface area contributed by atoms with Gasteiger partial charge in [-0.05, 0) is 44.1 Å². The van der Waals surface area contributed by atoms with E-state index in [-0.39, 0.29) is 11.3 Å². The maximum atomic E-state index is 13.3. The first-order valence-electron chi connectivity index (χ1n) is 11.8. The summed E-state index contributed by atoms with van der Waals surface area (Å²) < 4.78 is 5.91. The Bertz CT molecular complexity index is 770. The number of allylic oxidation sites excluding steroid dienone is 1. The molecule has 3 atom stereocenters. The second-order valence-electron chi connectivity index (χ2n) is 9.94. The average Bonchev–Trinajstić information content (AvgIpc) is 3.33. The maximum absolute atomic E-state index is 13.3. The van der Waals surface area contributed by atoms with Gasteiger partial charge in [0.2, 0.25) is 0 Å². The number of nitrogens with zero attached hydrogens (tertiary/aromatic N) is 1. The van der Waals surface area contributed by atoms with Gasteiger partial charge in [-0.15, -0.1) is 0 Å². The molecule has 4 nitrogen and oxygen atoms in total. The summed E-state index contributed by atoms with van der Waals surface area (Å²) in [6.45, 7) is 7.91. The van der Waals surface area contributed by atoms with E-state index in [9.17, 15) is 9.90 Å². The Balaban J connectivity index is 1.42. The largest absolute Gasteiger partial charge is 0.463 e. The summed E-state index contributed by atoms with van der Waals surface area (Å²) in [5.74, 6) is 0.121. The van der Waals surface area contributed by atoms with Crippen molar-refractivity contribution in [3.63, 3.8) is 0 Å². The monoisotopic (exact) mass is 411 g/mol. The fraction of sp³-hybridized carbons (Fsp3) is 0.654. The molecule has 1 aromatic carbocycles. The summed E-state index contributed by atoms with van der Waals surface area (Å²) in [5, 5.41) is 11.7. The topological polar surface area (TPSA) is 49.8 Å². The fourth-order valence-electron chi connectivity index (χ4n) is 5.87. The van der Waals surface area contributed by atoms with E-state index in [4.69, 9.17) is 4.74 Å². The highest BCUT2D eigenvalue weighted by atomic mass is 16.6. The highest BCUT2D eigenvalue weighted by Gasteiger charge is 2.61. The zero-order valence-electron chi connectivity index (χ0n) is 18.6. The van der Waals surface area contributed by atoms with Crippen molar-refractivity contribution in [2.45, 2.75) is 64.4 Å². The molecule has 2 saturated carbocycles. The zero-order valence-corrected chi connectivity index (χ0v) is 18.6. The van der Waals surface area contributed by atoms with Crippen molar-refractivity contribution in [1.29, 1.82) is 0 Å². The minimum Gasteiger partial charge on any atom is -0.463 e. The Kier molecular flexibility index (Phi) is 6.36. The number of benzene rings is 1. The van der Waals surface area contributed by atoms with E-state index in [0.29, 0.717) is 18.1 Å². The molecule has 0 aromatic heterocycles. The van der Waals surface area contributed by atoms with Crippen LogP contribution < -0.4 is 0 Å². The van der Waals surface area contributed by atoms with Crippen LogP contribution >= 0.6 is 0 Å². The van der Waals surface area contributed by atoms with E-state index in [1.165, 1.54) is 12.0 Å². The lowest BCUT2D eigenvalue weighted by Crippen LogP contribution is -2.46. The molecule has 30 heavy (non-hydrogen) atoms. The Labute approximate surface area is 181 Å². The first-order chi connectivity index (χ1) is 14.5. The van der Waals surface area contributed by atoms with Crippen molar-refractivity contribution in [2.75, 3.05) is 26.2 Å². The van der Waals surface area contributed by atoms with Gasteiger partial charge in [-0.2, -0.15) is 0 Å². The number of esters is 1. The normalized spacial score (nSPS) is 29.3. The third kappa shape index (κ3) is 4.22. The van der Waals surface area contributed by atoms with Crippen LogP contribution in [0, 0.1) is 17.3 Å². The molecule has 4 heteroatoms. The molecule has 4 rings (SSSR count). The smallest absolute Gasteiger partial charge is 0.343 e. The number of fused-ring (bicyclic) bond motifs is 1. The van der Waals surface area contributed by atoms with Gasteiger partial charge in [0.15, 0.2) is 5.60 Å². The predicted molar refractivity (Wildman–Crippen MR) is 119 cm³/mol. The van der Waals surface area contributed by atoms with Crippen LogP contribution in [0.2, 0.25) is 0 Å².